The van der Waals surface area contributed by atoms with E-state index in [9.17, 15) is 5.26 Å². The number of rotatable bonds is 2. The van der Waals surface area contributed by atoms with Crippen molar-refractivity contribution in [2.24, 2.45) is 11.8 Å². The van der Waals surface area contributed by atoms with E-state index < -0.39 is 0 Å². The number of nitrogens with zero attached hydrogens (tertiary/aromatic N) is 4. The largest absolute Gasteiger partial charge is 0.383 e. The van der Waals surface area contributed by atoms with Crippen LogP contribution in [0.15, 0.2) is 12.5 Å². The van der Waals surface area contributed by atoms with E-state index in [1.165, 1.54) is 6.33 Å². The van der Waals surface area contributed by atoms with E-state index in [2.05, 4.69) is 36.8 Å². The van der Waals surface area contributed by atoms with Crippen LogP contribution in [0.4, 0.5) is 5.82 Å². The van der Waals surface area contributed by atoms with Gasteiger partial charge in [0.25, 0.3) is 0 Å². The van der Waals surface area contributed by atoms with Crippen molar-refractivity contribution in [3.63, 3.8) is 0 Å². The molecule has 1 aliphatic heterocycles. The highest BCUT2D eigenvalue weighted by Gasteiger charge is 2.39. The van der Waals surface area contributed by atoms with Crippen LogP contribution in [0.25, 0.3) is 11.0 Å². The number of hydrogen-bond acceptors (Lipinski definition) is 5. The van der Waals surface area contributed by atoms with Crippen molar-refractivity contribution >= 4 is 16.9 Å². The van der Waals surface area contributed by atoms with E-state index in [4.69, 9.17) is 10.5 Å². The number of ether oxygens (including phenoxy) is 1. The van der Waals surface area contributed by atoms with Crippen LogP contribution in [0, 0.1) is 23.2 Å². The van der Waals surface area contributed by atoms with E-state index >= 15 is 0 Å². The summed E-state index contributed by atoms with van der Waals surface area (Å²) in [5, 5.41) is 9.93. The number of nitrogen functional groups attached to an aromatic ring is 1. The molecule has 4 unspecified atom stereocenters. The number of anilines is 1. The van der Waals surface area contributed by atoms with E-state index in [1.54, 1.807) is 6.20 Å². The molecule has 2 aromatic heterocycles. The molecule has 0 aromatic carbocycles. The summed E-state index contributed by atoms with van der Waals surface area (Å²) in [5.74, 6) is 1.14. The zero-order chi connectivity index (χ0) is 15.1. The Kier molecular flexibility index (Phi) is 3.30. The van der Waals surface area contributed by atoms with E-state index in [0.717, 1.165) is 6.42 Å². The van der Waals surface area contributed by atoms with E-state index in [-0.39, 0.29) is 12.3 Å². The lowest BCUT2D eigenvalue weighted by molar-refractivity contribution is -0.0117. The second kappa shape index (κ2) is 5.01. The van der Waals surface area contributed by atoms with Crippen LogP contribution in [0.3, 0.4) is 0 Å². The maximum absolute atomic E-state index is 9.32. The predicted octanol–water partition coefficient (Wildman–Crippen LogP) is 2.46. The molecule has 0 spiro atoms. The van der Waals surface area contributed by atoms with Gasteiger partial charge < -0.3 is 15.0 Å². The molecular formula is C15H19N5O. The van der Waals surface area contributed by atoms with Gasteiger partial charge in [0.15, 0.2) is 0 Å². The van der Waals surface area contributed by atoms with Gasteiger partial charge in [0.05, 0.1) is 17.1 Å². The fourth-order valence-corrected chi connectivity index (χ4v) is 3.20. The van der Waals surface area contributed by atoms with Crippen molar-refractivity contribution < 1.29 is 4.74 Å². The first-order chi connectivity index (χ1) is 10.1. The van der Waals surface area contributed by atoms with Crippen molar-refractivity contribution in [3.05, 3.63) is 18.1 Å². The molecule has 110 valence electrons. The number of fused-ring (bicyclic) bond motifs is 1. The molecule has 2 aromatic rings. The minimum Gasteiger partial charge on any atom is -0.383 e. The zero-order valence-corrected chi connectivity index (χ0v) is 12.4. The second-order valence-electron chi connectivity index (χ2n) is 5.71. The monoisotopic (exact) mass is 285 g/mol. The Hall–Kier alpha value is -2.13. The predicted molar refractivity (Wildman–Crippen MR) is 79.2 cm³/mol. The Morgan fingerprint density at radius 3 is 2.76 bits per heavy atom. The Labute approximate surface area is 123 Å². The Morgan fingerprint density at radius 1 is 1.38 bits per heavy atom. The second-order valence-corrected chi connectivity index (χ2v) is 5.71. The summed E-state index contributed by atoms with van der Waals surface area (Å²) in [6, 6.07) is 2.17. The van der Waals surface area contributed by atoms with Gasteiger partial charge in [-0.2, -0.15) is 5.26 Å². The average Bonchev–Trinajstić information content (AvgIpc) is 2.99. The van der Waals surface area contributed by atoms with Gasteiger partial charge in [0.2, 0.25) is 0 Å². The normalized spacial score (nSPS) is 28.9. The van der Waals surface area contributed by atoms with Crippen molar-refractivity contribution in [1.29, 1.82) is 5.26 Å². The molecule has 6 heteroatoms. The van der Waals surface area contributed by atoms with Crippen LogP contribution in [0.2, 0.25) is 0 Å². The lowest BCUT2D eigenvalue weighted by Crippen LogP contribution is -2.15. The molecule has 4 atom stereocenters. The molecule has 1 aliphatic rings. The SMILES string of the molecule is CCC1OC(n2cc(C#N)c3c(N)ncnc32)C(C)C1C. The van der Waals surface area contributed by atoms with Crippen molar-refractivity contribution in [3.8, 4) is 6.07 Å². The maximum atomic E-state index is 9.32. The summed E-state index contributed by atoms with van der Waals surface area (Å²) in [5.41, 5.74) is 7.06. The fraction of sp³-hybridized carbons (Fsp3) is 0.533. The number of nitriles is 1. The molecule has 3 rings (SSSR count). The van der Waals surface area contributed by atoms with Gasteiger partial charge in [-0.1, -0.05) is 20.8 Å². The van der Waals surface area contributed by atoms with Gasteiger partial charge >= 0.3 is 0 Å². The van der Waals surface area contributed by atoms with Crippen LogP contribution in [0.1, 0.15) is 39.0 Å². The summed E-state index contributed by atoms with van der Waals surface area (Å²) >= 11 is 0. The first-order valence-corrected chi connectivity index (χ1v) is 7.25. The van der Waals surface area contributed by atoms with Gasteiger partial charge in [-0.3, -0.25) is 0 Å². The molecule has 0 saturated carbocycles. The van der Waals surface area contributed by atoms with Crippen LogP contribution >= 0.6 is 0 Å². The van der Waals surface area contributed by atoms with Crippen molar-refractivity contribution in [2.45, 2.75) is 39.5 Å². The molecule has 0 amide bonds. The van der Waals surface area contributed by atoms with Crippen LogP contribution in [-0.4, -0.2) is 20.6 Å². The summed E-state index contributed by atoms with van der Waals surface area (Å²) in [4.78, 5) is 8.29. The third-order valence-corrected chi connectivity index (χ3v) is 4.62. The summed E-state index contributed by atoms with van der Waals surface area (Å²) in [7, 11) is 0. The van der Waals surface area contributed by atoms with Gasteiger partial charge in [0, 0.05) is 12.1 Å². The minimum absolute atomic E-state index is 0.121. The van der Waals surface area contributed by atoms with Crippen LogP contribution in [-0.2, 0) is 4.74 Å². The van der Waals surface area contributed by atoms with Crippen LogP contribution < -0.4 is 5.73 Å². The van der Waals surface area contributed by atoms with Crippen molar-refractivity contribution in [1.82, 2.24) is 14.5 Å². The van der Waals surface area contributed by atoms with Gasteiger partial charge in [0.1, 0.15) is 30.1 Å². The maximum Gasteiger partial charge on any atom is 0.148 e. The quantitative estimate of drug-likeness (QED) is 0.915. The lowest BCUT2D eigenvalue weighted by atomic mass is 9.91. The Balaban J connectivity index is 2.14. The number of nitrogens with two attached hydrogens (primary N) is 1. The fourth-order valence-electron chi connectivity index (χ4n) is 3.20. The van der Waals surface area contributed by atoms with Gasteiger partial charge in [-0.25, -0.2) is 9.97 Å². The number of hydrogen-bond donors (Lipinski definition) is 1. The molecule has 2 N–H and O–H groups in total. The molecule has 0 bridgehead atoms. The molecule has 0 aliphatic carbocycles. The minimum atomic E-state index is -0.121. The first-order valence-electron chi connectivity index (χ1n) is 7.25. The summed E-state index contributed by atoms with van der Waals surface area (Å²) < 4.78 is 8.11. The Bertz CT molecular complexity index is 717. The highest BCUT2D eigenvalue weighted by atomic mass is 16.5. The smallest absolute Gasteiger partial charge is 0.148 e. The molecule has 1 saturated heterocycles. The molecule has 21 heavy (non-hydrogen) atoms. The highest BCUT2D eigenvalue weighted by molar-refractivity contribution is 5.91. The Morgan fingerprint density at radius 2 is 2.14 bits per heavy atom. The third kappa shape index (κ3) is 1.96. The van der Waals surface area contributed by atoms with Crippen molar-refractivity contribution in [2.75, 3.05) is 5.73 Å². The van der Waals surface area contributed by atoms with E-state index in [1.807, 2.05) is 4.57 Å². The molecular weight excluding hydrogens is 266 g/mol. The third-order valence-electron chi connectivity index (χ3n) is 4.62. The molecule has 3 heterocycles. The highest BCUT2D eigenvalue weighted by Crippen LogP contribution is 2.42. The van der Waals surface area contributed by atoms with Crippen LogP contribution in [0.5, 0.6) is 0 Å². The zero-order valence-electron chi connectivity index (χ0n) is 12.4. The molecule has 1 fully saturated rings. The van der Waals surface area contributed by atoms with Gasteiger partial charge in [-0.15, -0.1) is 0 Å². The first kappa shape index (κ1) is 13.8. The lowest BCUT2D eigenvalue weighted by Gasteiger charge is -2.18. The average molecular weight is 285 g/mol. The summed E-state index contributed by atoms with van der Waals surface area (Å²) in [6.07, 6.45) is 4.29. The summed E-state index contributed by atoms with van der Waals surface area (Å²) in [6.45, 7) is 6.51. The molecule has 0 radical (unpaired) electrons. The number of aromatic nitrogens is 3. The standard InChI is InChI=1S/C15H19N5O/c1-4-11-8(2)9(3)15(21-11)20-6-10(5-16)12-13(17)18-7-19-14(12)20/h6-9,11,15H,4H2,1-3H3,(H2,17,18,19). The van der Waals surface area contributed by atoms with E-state index in [0.29, 0.717) is 34.3 Å². The topological polar surface area (TPSA) is 89.8 Å². The van der Waals surface area contributed by atoms with Gasteiger partial charge in [-0.05, 0) is 12.3 Å². The molecule has 6 nitrogen and oxygen atoms in total.